The van der Waals surface area contributed by atoms with E-state index in [1.54, 1.807) is 12.2 Å². The van der Waals surface area contributed by atoms with Gasteiger partial charge in [-0.2, -0.15) is 13.2 Å². The van der Waals surface area contributed by atoms with E-state index in [1.165, 1.54) is 7.11 Å². The first-order chi connectivity index (χ1) is 12.8. The lowest BCUT2D eigenvalue weighted by molar-refractivity contribution is -0.142. The molecule has 2 aromatic rings. The van der Waals surface area contributed by atoms with Gasteiger partial charge in [0.25, 0.3) is 5.91 Å². The normalized spacial score (nSPS) is 12.6. The number of nitrogens with one attached hydrogen (secondary N) is 1. The highest BCUT2D eigenvalue weighted by molar-refractivity contribution is 5.96. The molecule has 0 fully saturated rings. The van der Waals surface area contributed by atoms with Crippen LogP contribution in [0.15, 0.2) is 60.7 Å². The predicted molar refractivity (Wildman–Crippen MR) is 94.8 cm³/mol. The Labute approximate surface area is 154 Å². The Balaban J connectivity index is 2.05. The fourth-order valence-electron chi connectivity index (χ4n) is 2.31. The molecule has 1 N–H and O–H groups in total. The first-order valence-corrected chi connectivity index (χ1v) is 8.09. The first-order valence-electron chi connectivity index (χ1n) is 8.09. The number of carbonyl (C=O) groups excluding carboxylic acids is 2. The molecule has 1 atom stereocenters. The van der Waals surface area contributed by atoms with E-state index in [1.807, 2.05) is 30.3 Å². The molecule has 0 spiro atoms. The van der Waals surface area contributed by atoms with Crippen LogP contribution in [0, 0.1) is 0 Å². The van der Waals surface area contributed by atoms with E-state index in [0.29, 0.717) is 0 Å². The Morgan fingerprint density at radius 3 is 2.26 bits per heavy atom. The van der Waals surface area contributed by atoms with Crippen molar-refractivity contribution in [3.63, 3.8) is 0 Å². The number of rotatable bonds is 6. The van der Waals surface area contributed by atoms with Crippen LogP contribution in [-0.2, 0) is 15.7 Å². The van der Waals surface area contributed by atoms with Crippen LogP contribution in [0.3, 0.4) is 0 Å². The van der Waals surface area contributed by atoms with Crippen molar-refractivity contribution in [1.82, 2.24) is 5.32 Å². The molecule has 142 valence electrons. The van der Waals surface area contributed by atoms with Gasteiger partial charge in [0.1, 0.15) is 6.04 Å². The molecule has 0 radical (unpaired) electrons. The van der Waals surface area contributed by atoms with E-state index in [9.17, 15) is 22.8 Å². The molecule has 7 heteroatoms. The van der Waals surface area contributed by atoms with Crippen LogP contribution in [0.2, 0.25) is 0 Å². The lowest BCUT2D eigenvalue weighted by Crippen LogP contribution is -2.41. The Morgan fingerprint density at radius 1 is 1.07 bits per heavy atom. The number of hydrogen-bond donors (Lipinski definition) is 1. The van der Waals surface area contributed by atoms with E-state index in [0.717, 1.165) is 29.8 Å². The van der Waals surface area contributed by atoms with Gasteiger partial charge in [-0.3, -0.25) is 4.79 Å². The average Bonchev–Trinajstić information content (AvgIpc) is 2.66. The van der Waals surface area contributed by atoms with E-state index < -0.39 is 29.7 Å². The molecule has 0 saturated heterocycles. The summed E-state index contributed by atoms with van der Waals surface area (Å²) in [5, 5.41) is 2.48. The van der Waals surface area contributed by atoms with E-state index in [4.69, 9.17) is 0 Å². The lowest BCUT2D eigenvalue weighted by Gasteiger charge is -2.15. The third-order valence-corrected chi connectivity index (χ3v) is 3.75. The fourth-order valence-corrected chi connectivity index (χ4v) is 2.31. The molecule has 0 aromatic heterocycles. The van der Waals surface area contributed by atoms with Crippen molar-refractivity contribution in [1.29, 1.82) is 0 Å². The molecule has 1 amide bonds. The van der Waals surface area contributed by atoms with Crippen molar-refractivity contribution < 1.29 is 27.5 Å². The van der Waals surface area contributed by atoms with Crippen LogP contribution in [-0.4, -0.2) is 25.0 Å². The van der Waals surface area contributed by atoms with Crippen LogP contribution in [0.5, 0.6) is 0 Å². The number of alkyl halides is 3. The van der Waals surface area contributed by atoms with Gasteiger partial charge >= 0.3 is 12.1 Å². The number of ether oxygens (including phenoxy) is 1. The third-order valence-electron chi connectivity index (χ3n) is 3.75. The number of amides is 1. The van der Waals surface area contributed by atoms with E-state index >= 15 is 0 Å². The van der Waals surface area contributed by atoms with Crippen molar-refractivity contribution in [2.45, 2.75) is 18.6 Å². The molecule has 0 saturated carbocycles. The molecule has 0 bridgehead atoms. The number of carbonyl (C=O) groups is 2. The first kappa shape index (κ1) is 20.2. The van der Waals surface area contributed by atoms with Gasteiger partial charge in [0, 0.05) is 5.56 Å². The number of methoxy groups -OCH3 is 1. The number of hydrogen-bond acceptors (Lipinski definition) is 3. The van der Waals surface area contributed by atoms with Crippen LogP contribution in [0.1, 0.15) is 27.9 Å². The van der Waals surface area contributed by atoms with Crippen molar-refractivity contribution in [3.8, 4) is 0 Å². The van der Waals surface area contributed by atoms with Gasteiger partial charge in [-0.25, -0.2) is 4.79 Å². The average molecular weight is 377 g/mol. The summed E-state index contributed by atoms with van der Waals surface area (Å²) in [5.41, 5.74) is 0.0912. The molecule has 2 rings (SSSR count). The zero-order valence-electron chi connectivity index (χ0n) is 14.5. The zero-order valence-corrected chi connectivity index (χ0v) is 14.5. The van der Waals surface area contributed by atoms with Gasteiger partial charge in [-0.1, -0.05) is 42.5 Å². The van der Waals surface area contributed by atoms with Gasteiger partial charge in [0.2, 0.25) is 0 Å². The smallest absolute Gasteiger partial charge is 0.416 e. The Kier molecular flexibility index (Phi) is 6.76. The van der Waals surface area contributed by atoms with Crippen molar-refractivity contribution in [2.75, 3.05) is 7.11 Å². The summed E-state index contributed by atoms with van der Waals surface area (Å²) in [6.45, 7) is 0. The molecule has 4 nitrogen and oxygen atoms in total. The van der Waals surface area contributed by atoms with Crippen LogP contribution in [0.25, 0.3) is 6.08 Å². The second-order valence-electron chi connectivity index (χ2n) is 5.67. The lowest BCUT2D eigenvalue weighted by atomic mass is 10.1. The van der Waals surface area contributed by atoms with Gasteiger partial charge < -0.3 is 10.1 Å². The highest BCUT2D eigenvalue weighted by Gasteiger charge is 2.30. The predicted octanol–water partition coefficient (Wildman–Crippen LogP) is 4.08. The van der Waals surface area contributed by atoms with Crippen molar-refractivity contribution >= 4 is 18.0 Å². The van der Waals surface area contributed by atoms with Crippen LogP contribution >= 0.6 is 0 Å². The third kappa shape index (κ3) is 5.99. The maximum absolute atomic E-state index is 12.6. The van der Waals surface area contributed by atoms with E-state index in [-0.39, 0.29) is 12.0 Å². The Bertz CT molecular complexity index is 799. The van der Waals surface area contributed by atoms with Crippen LogP contribution < -0.4 is 5.32 Å². The largest absolute Gasteiger partial charge is 0.467 e. The molecular formula is C20H18F3NO3. The summed E-state index contributed by atoms with van der Waals surface area (Å²) in [6, 6.07) is 12.2. The van der Waals surface area contributed by atoms with Gasteiger partial charge in [0.15, 0.2) is 0 Å². The van der Waals surface area contributed by atoms with Gasteiger partial charge in [-0.15, -0.1) is 0 Å². The Morgan fingerprint density at radius 2 is 1.70 bits per heavy atom. The molecule has 2 aromatic carbocycles. The molecule has 0 aliphatic heterocycles. The Hall–Kier alpha value is -3.09. The van der Waals surface area contributed by atoms with Crippen molar-refractivity contribution in [3.05, 3.63) is 77.4 Å². The van der Waals surface area contributed by atoms with E-state index in [2.05, 4.69) is 10.1 Å². The summed E-state index contributed by atoms with van der Waals surface area (Å²) in [4.78, 5) is 24.1. The minimum absolute atomic E-state index is 0.0175. The second kappa shape index (κ2) is 9.02. The maximum Gasteiger partial charge on any atom is 0.416 e. The van der Waals surface area contributed by atoms with Gasteiger partial charge in [0.05, 0.1) is 12.7 Å². The quantitative estimate of drug-likeness (QED) is 0.772. The topological polar surface area (TPSA) is 55.4 Å². The monoisotopic (exact) mass is 377 g/mol. The summed E-state index contributed by atoms with van der Waals surface area (Å²) in [5.74, 6) is -1.31. The zero-order chi connectivity index (χ0) is 19.9. The molecule has 0 aliphatic carbocycles. The number of halogens is 3. The minimum atomic E-state index is -4.48. The fraction of sp³-hybridized carbons (Fsp3) is 0.200. The summed E-state index contributed by atoms with van der Waals surface area (Å²) in [7, 11) is 1.19. The summed E-state index contributed by atoms with van der Waals surface area (Å²) >= 11 is 0. The second-order valence-corrected chi connectivity index (χ2v) is 5.67. The molecule has 0 heterocycles. The molecule has 0 aliphatic rings. The maximum atomic E-state index is 12.6. The molecule has 0 unspecified atom stereocenters. The minimum Gasteiger partial charge on any atom is -0.467 e. The summed E-state index contributed by atoms with van der Waals surface area (Å²) < 4.78 is 42.5. The molecule has 27 heavy (non-hydrogen) atoms. The highest BCUT2D eigenvalue weighted by Crippen LogP contribution is 2.29. The van der Waals surface area contributed by atoms with Crippen molar-refractivity contribution in [2.24, 2.45) is 0 Å². The molecular weight excluding hydrogens is 359 g/mol. The number of esters is 1. The highest BCUT2D eigenvalue weighted by atomic mass is 19.4. The number of benzene rings is 2. The van der Waals surface area contributed by atoms with Crippen LogP contribution in [0.4, 0.5) is 13.2 Å². The van der Waals surface area contributed by atoms with Gasteiger partial charge in [-0.05, 0) is 36.2 Å². The standard InChI is InChI=1S/C20H18F3NO3/c1-27-19(26)17(9-5-8-14-6-3-2-4-7-14)24-18(25)15-10-12-16(13-11-15)20(21,22)23/h2-8,10-13,17H,9H2,1H3,(H,24,25)/b8-5+/t17-/m1/s1. The summed E-state index contributed by atoms with van der Waals surface area (Å²) in [6.07, 6.45) is -0.802. The SMILES string of the molecule is COC(=O)[C@@H](C/C=C/c1ccccc1)NC(=O)c1ccc(C(F)(F)F)cc1.